The van der Waals surface area contributed by atoms with Crippen molar-refractivity contribution in [1.29, 1.82) is 0 Å². The van der Waals surface area contributed by atoms with Crippen LogP contribution in [0.3, 0.4) is 0 Å². The van der Waals surface area contributed by atoms with E-state index in [9.17, 15) is 6.85 Å². The average Bonchev–Trinajstić information content (AvgIpc) is 3.74. The molecule has 0 unspecified atom stereocenters. The minimum atomic E-state index is -0.690. The first-order valence-electron chi connectivity index (χ1n) is 24.9. The maximum Gasteiger partial charge on any atom is 0.0645 e. The normalized spacial score (nSPS) is 14.3. The van der Waals surface area contributed by atoms with E-state index in [1.807, 2.05) is 84.9 Å². The van der Waals surface area contributed by atoms with Crippen molar-refractivity contribution in [1.82, 2.24) is 4.57 Å². The lowest BCUT2D eigenvalue weighted by atomic mass is 9.96. The van der Waals surface area contributed by atoms with E-state index in [0.717, 1.165) is 43.6 Å². The number of rotatable bonds is 7. The number of fused-ring (bicyclic) bond motifs is 6. The van der Waals surface area contributed by atoms with Crippen LogP contribution in [0.1, 0.15) is 16.4 Å². The summed E-state index contributed by atoms with van der Waals surface area (Å²) in [5, 5.41) is 4.54. The molecule has 0 N–H and O–H groups in total. The monoisotopic (exact) mass is 750 g/mol. The Hall–Kier alpha value is -7.68. The van der Waals surface area contributed by atoms with E-state index < -0.39 is 78.2 Å². The highest BCUT2D eigenvalue weighted by atomic mass is 15.1. The number of hydrogen-bond acceptors (Lipinski definition) is 1. The van der Waals surface area contributed by atoms with E-state index in [2.05, 4.69) is 65.6 Å². The molecule has 0 fully saturated rings. The zero-order valence-corrected chi connectivity index (χ0v) is 30.9. The maximum absolute atomic E-state index is 9.51. The number of aromatic nitrogens is 1. The lowest BCUT2D eigenvalue weighted by molar-refractivity contribution is 1.18. The lowest BCUT2D eigenvalue weighted by Crippen LogP contribution is -2.11. The van der Waals surface area contributed by atoms with Crippen LogP contribution in [0.5, 0.6) is 0 Å². The molecule has 0 aliphatic heterocycles. The fourth-order valence-electron chi connectivity index (χ4n) is 8.12. The number of nitrogens with zero attached hydrogens (tertiary/aromatic N) is 2. The van der Waals surface area contributed by atoms with Gasteiger partial charge in [0.05, 0.1) is 33.2 Å². The lowest BCUT2D eigenvalue weighted by Gasteiger charge is -2.28. The Bertz CT molecular complexity index is 3950. The SMILES string of the molecule is [2H]c1c([2H])c([2H])c(-n2c3c([2H])c([2H])c([2H])c([2H])c3c3c(-c4cccc(N(c5ccc(-c6ccc7c(ccc8ccccc87)c6)cc5)c5ccccc5-c5ccccc5)c4)c([2H])c([2H])c([2H])c32)c([2H])c1[2H]. The molecule has 2 heteroatoms. The summed E-state index contributed by atoms with van der Waals surface area (Å²) in [6, 6.07) is 45.3. The van der Waals surface area contributed by atoms with Crippen LogP contribution in [0.15, 0.2) is 230 Å². The van der Waals surface area contributed by atoms with Crippen molar-refractivity contribution in [3.63, 3.8) is 0 Å². The van der Waals surface area contributed by atoms with Crippen LogP contribution in [0.2, 0.25) is 0 Å². The molecule has 2 nitrogen and oxygen atoms in total. The standard InChI is InChI=1S/C56H38N2/c1-3-15-40(16-4-1)50-23-9-11-26-53(50)57(46-34-31-39(32-35-46)42-33-36-49-44(37-42)30-29-41-17-7-8-22-48(41)49)47-21-13-18-43(38-47)51-25-14-28-55-56(51)52-24-10-12-27-54(52)58(55)45-19-5-2-6-20-45/h1-38H/i2D,5D,6D,10D,12D,14D,19D,20D,24D,25D,27D,28D. The molecule has 58 heavy (non-hydrogen) atoms. The topological polar surface area (TPSA) is 8.17 Å². The summed E-state index contributed by atoms with van der Waals surface area (Å²) in [6.45, 7) is 0. The van der Waals surface area contributed by atoms with Gasteiger partial charge in [-0.25, -0.2) is 0 Å². The Balaban J connectivity index is 1.16. The van der Waals surface area contributed by atoms with E-state index >= 15 is 0 Å². The van der Waals surface area contributed by atoms with Crippen molar-refractivity contribution in [2.24, 2.45) is 0 Å². The number of benzene rings is 10. The van der Waals surface area contributed by atoms with Gasteiger partial charge in [-0.2, -0.15) is 0 Å². The second-order valence-electron chi connectivity index (χ2n) is 14.0. The highest BCUT2D eigenvalue weighted by Gasteiger charge is 2.20. The molecule has 0 amide bonds. The van der Waals surface area contributed by atoms with Crippen LogP contribution in [-0.2, 0) is 0 Å². The van der Waals surface area contributed by atoms with Gasteiger partial charge < -0.3 is 9.47 Å². The Labute approximate surface area is 355 Å². The van der Waals surface area contributed by atoms with Gasteiger partial charge >= 0.3 is 0 Å². The fraction of sp³-hybridized carbons (Fsp3) is 0. The van der Waals surface area contributed by atoms with Gasteiger partial charge in [-0.15, -0.1) is 0 Å². The van der Waals surface area contributed by atoms with E-state index in [0.29, 0.717) is 11.3 Å². The zero-order chi connectivity index (χ0) is 48.9. The van der Waals surface area contributed by atoms with E-state index in [4.69, 9.17) is 9.60 Å². The third-order valence-electron chi connectivity index (χ3n) is 10.8. The summed E-state index contributed by atoms with van der Waals surface area (Å²) in [6.07, 6.45) is 0. The molecule has 0 spiro atoms. The second kappa shape index (κ2) is 14.1. The summed E-state index contributed by atoms with van der Waals surface area (Å²) < 4.78 is 108. The van der Waals surface area contributed by atoms with E-state index in [-0.39, 0.29) is 27.4 Å². The minimum Gasteiger partial charge on any atom is -0.310 e. The van der Waals surface area contributed by atoms with Crippen LogP contribution < -0.4 is 4.90 Å². The molecule has 10 aromatic carbocycles. The van der Waals surface area contributed by atoms with E-state index in [1.54, 1.807) is 12.1 Å². The van der Waals surface area contributed by atoms with Gasteiger partial charge in [-0.3, -0.25) is 0 Å². The molecule has 11 aromatic rings. The fourth-order valence-corrected chi connectivity index (χ4v) is 8.12. The predicted molar refractivity (Wildman–Crippen MR) is 247 cm³/mol. The molecule has 11 rings (SSSR count). The first kappa shape index (κ1) is 23.4. The van der Waals surface area contributed by atoms with Crippen molar-refractivity contribution < 1.29 is 16.4 Å². The molecule has 0 aliphatic rings. The molecular weight excluding hydrogens is 701 g/mol. The molecular formula is C56H38N2. The third-order valence-corrected chi connectivity index (χ3v) is 10.8. The summed E-state index contributed by atoms with van der Waals surface area (Å²) in [5.74, 6) is 0. The highest BCUT2D eigenvalue weighted by molar-refractivity contribution is 6.16. The quantitative estimate of drug-likeness (QED) is 0.147. The number of anilines is 3. The largest absolute Gasteiger partial charge is 0.310 e. The van der Waals surface area contributed by atoms with Crippen LogP contribution >= 0.6 is 0 Å². The maximum atomic E-state index is 9.51. The minimum absolute atomic E-state index is 0.000863. The third kappa shape index (κ3) is 5.74. The summed E-state index contributed by atoms with van der Waals surface area (Å²) in [4.78, 5) is 2.09. The van der Waals surface area contributed by atoms with E-state index in [1.165, 1.54) is 16.2 Å². The number of para-hydroxylation sites is 3. The van der Waals surface area contributed by atoms with Gasteiger partial charge in [0.1, 0.15) is 0 Å². The van der Waals surface area contributed by atoms with Crippen LogP contribution in [0, 0.1) is 0 Å². The van der Waals surface area contributed by atoms with Gasteiger partial charge in [-0.1, -0.05) is 170 Å². The Morgan fingerprint density at radius 3 is 1.98 bits per heavy atom. The van der Waals surface area contributed by atoms with Gasteiger partial charge in [0.2, 0.25) is 0 Å². The van der Waals surface area contributed by atoms with Crippen LogP contribution in [0.25, 0.3) is 82.4 Å². The Kier molecular flexibility index (Phi) is 5.70. The highest BCUT2D eigenvalue weighted by Crippen LogP contribution is 2.44. The molecule has 1 heterocycles. The van der Waals surface area contributed by atoms with Crippen molar-refractivity contribution >= 4 is 60.4 Å². The summed E-state index contributed by atoms with van der Waals surface area (Å²) >= 11 is 0. The smallest absolute Gasteiger partial charge is 0.0645 e. The molecule has 0 radical (unpaired) electrons. The molecule has 0 aliphatic carbocycles. The molecule has 0 saturated carbocycles. The van der Waals surface area contributed by atoms with Crippen LogP contribution in [-0.4, -0.2) is 4.57 Å². The Morgan fingerprint density at radius 2 is 1.09 bits per heavy atom. The Morgan fingerprint density at radius 1 is 0.379 bits per heavy atom. The summed E-state index contributed by atoms with van der Waals surface area (Å²) in [7, 11) is 0. The molecule has 0 saturated heterocycles. The van der Waals surface area contributed by atoms with Crippen molar-refractivity contribution in [2.45, 2.75) is 0 Å². The van der Waals surface area contributed by atoms with Crippen LogP contribution in [0.4, 0.5) is 17.1 Å². The molecule has 272 valence electrons. The number of hydrogen-bond donors (Lipinski definition) is 0. The molecule has 0 atom stereocenters. The second-order valence-corrected chi connectivity index (χ2v) is 14.0. The first-order valence-corrected chi connectivity index (χ1v) is 18.9. The van der Waals surface area contributed by atoms with Gasteiger partial charge in [0, 0.05) is 33.4 Å². The van der Waals surface area contributed by atoms with Crippen molar-refractivity contribution in [3.05, 3.63) is 230 Å². The molecule has 1 aromatic heterocycles. The summed E-state index contributed by atoms with van der Waals surface area (Å²) in [5.41, 5.74) is 5.71. The average molecular weight is 751 g/mol. The zero-order valence-electron chi connectivity index (χ0n) is 42.9. The van der Waals surface area contributed by atoms with Crippen molar-refractivity contribution in [3.8, 4) is 39.1 Å². The molecule has 0 bridgehead atoms. The predicted octanol–water partition coefficient (Wildman–Crippen LogP) is 15.6. The van der Waals surface area contributed by atoms with Gasteiger partial charge in [0.25, 0.3) is 0 Å². The van der Waals surface area contributed by atoms with Gasteiger partial charge in [0.15, 0.2) is 0 Å². The first-order chi connectivity index (χ1) is 33.8. The van der Waals surface area contributed by atoms with Gasteiger partial charge in [-0.05, 0) is 110 Å². The van der Waals surface area contributed by atoms with Crippen molar-refractivity contribution in [2.75, 3.05) is 4.90 Å².